The van der Waals surface area contributed by atoms with E-state index in [-0.39, 0.29) is 0 Å². The van der Waals surface area contributed by atoms with Crippen LogP contribution >= 0.6 is 23.8 Å². The molecule has 0 bridgehead atoms. The molecule has 2 aromatic carbocycles. The van der Waals surface area contributed by atoms with Gasteiger partial charge in [-0.15, -0.1) is 0 Å². The molecule has 1 aliphatic rings. The zero-order valence-electron chi connectivity index (χ0n) is 15.9. The van der Waals surface area contributed by atoms with Crippen LogP contribution in [0, 0.1) is 0 Å². The molecular formula is C21H20ClN5OS. The van der Waals surface area contributed by atoms with Crippen molar-refractivity contribution in [1.82, 2.24) is 15.3 Å². The average Bonchev–Trinajstić information content (AvgIpc) is 3.17. The molecule has 1 aromatic heterocycles. The van der Waals surface area contributed by atoms with Gasteiger partial charge in [-0.1, -0.05) is 54.1 Å². The first-order valence-electron chi connectivity index (χ1n) is 9.15. The summed E-state index contributed by atoms with van der Waals surface area (Å²) in [5, 5.41) is 7.27. The van der Waals surface area contributed by atoms with Gasteiger partial charge in [0, 0.05) is 30.7 Å². The van der Waals surface area contributed by atoms with Gasteiger partial charge in [0.2, 0.25) is 11.8 Å². The van der Waals surface area contributed by atoms with Crippen LogP contribution in [0.4, 0.5) is 11.8 Å². The van der Waals surface area contributed by atoms with Gasteiger partial charge < -0.3 is 20.3 Å². The minimum atomic E-state index is 0.381. The van der Waals surface area contributed by atoms with Gasteiger partial charge >= 0.3 is 0 Å². The molecule has 148 valence electrons. The van der Waals surface area contributed by atoms with E-state index in [1.807, 2.05) is 30.3 Å². The van der Waals surface area contributed by atoms with Gasteiger partial charge in [0.1, 0.15) is 5.82 Å². The SMILES string of the molecule is COc1cc(N2Cc3ccccc3C2)nc(NC(=S)NCc2ccccc2Cl)n1. The number of halogens is 1. The number of rotatable bonds is 5. The van der Waals surface area contributed by atoms with Crippen LogP contribution in [-0.2, 0) is 19.6 Å². The number of benzene rings is 2. The van der Waals surface area contributed by atoms with Gasteiger partial charge in [-0.05, 0) is 35.0 Å². The van der Waals surface area contributed by atoms with Crippen LogP contribution in [0.15, 0.2) is 54.6 Å². The van der Waals surface area contributed by atoms with E-state index in [0.29, 0.717) is 28.5 Å². The predicted molar refractivity (Wildman–Crippen MR) is 119 cm³/mol. The fourth-order valence-corrected chi connectivity index (χ4v) is 3.56. The number of thiocarbonyl (C=S) groups is 1. The average molecular weight is 426 g/mol. The number of fused-ring (bicyclic) bond motifs is 1. The molecule has 6 nitrogen and oxygen atoms in total. The van der Waals surface area contributed by atoms with Gasteiger partial charge in [0.05, 0.1) is 7.11 Å². The summed E-state index contributed by atoms with van der Waals surface area (Å²) in [5.74, 6) is 1.64. The third-order valence-corrected chi connectivity index (χ3v) is 5.30. The first-order valence-corrected chi connectivity index (χ1v) is 9.94. The predicted octanol–water partition coefficient (Wildman–Crippen LogP) is 4.15. The Morgan fingerprint density at radius 3 is 2.48 bits per heavy atom. The highest BCUT2D eigenvalue weighted by Gasteiger charge is 2.21. The third kappa shape index (κ3) is 4.58. The maximum Gasteiger partial charge on any atom is 0.234 e. The summed E-state index contributed by atoms with van der Waals surface area (Å²) in [5.41, 5.74) is 3.56. The molecule has 0 spiro atoms. The summed E-state index contributed by atoms with van der Waals surface area (Å²) in [6.45, 7) is 2.10. The van der Waals surface area contributed by atoms with Gasteiger partial charge in [0.15, 0.2) is 5.11 Å². The minimum Gasteiger partial charge on any atom is -0.481 e. The summed E-state index contributed by atoms with van der Waals surface area (Å²) >= 11 is 11.6. The zero-order chi connectivity index (χ0) is 20.2. The maximum atomic E-state index is 6.19. The summed E-state index contributed by atoms with van der Waals surface area (Å²) in [7, 11) is 1.59. The Balaban J connectivity index is 1.46. The molecule has 29 heavy (non-hydrogen) atoms. The van der Waals surface area contributed by atoms with Crippen molar-refractivity contribution >= 4 is 40.7 Å². The number of nitrogens with one attached hydrogen (secondary N) is 2. The first kappa shape index (κ1) is 19.4. The largest absolute Gasteiger partial charge is 0.481 e. The zero-order valence-corrected chi connectivity index (χ0v) is 17.4. The van der Waals surface area contributed by atoms with E-state index in [9.17, 15) is 0 Å². The van der Waals surface area contributed by atoms with Gasteiger partial charge in [-0.3, -0.25) is 0 Å². The van der Waals surface area contributed by atoms with Crippen LogP contribution in [0.3, 0.4) is 0 Å². The lowest BCUT2D eigenvalue weighted by Gasteiger charge is -2.18. The monoisotopic (exact) mass is 425 g/mol. The van der Waals surface area contributed by atoms with Crippen molar-refractivity contribution in [1.29, 1.82) is 0 Å². The number of methoxy groups -OCH3 is 1. The molecule has 0 amide bonds. The third-order valence-electron chi connectivity index (χ3n) is 4.69. The highest BCUT2D eigenvalue weighted by atomic mass is 35.5. The number of aromatic nitrogens is 2. The van der Waals surface area contributed by atoms with E-state index in [4.69, 9.17) is 28.6 Å². The lowest BCUT2D eigenvalue weighted by molar-refractivity contribution is 0.397. The van der Waals surface area contributed by atoms with Crippen LogP contribution < -0.4 is 20.3 Å². The topological polar surface area (TPSA) is 62.3 Å². The summed E-state index contributed by atoms with van der Waals surface area (Å²) < 4.78 is 5.36. The van der Waals surface area contributed by atoms with Crippen molar-refractivity contribution in [2.45, 2.75) is 19.6 Å². The second kappa shape index (κ2) is 8.63. The van der Waals surface area contributed by atoms with Crippen molar-refractivity contribution in [3.05, 3.63) is 76.3 Å². The standard InChI is InChI=1S/C21H20ClN5OS/c1-28-19-10-18(27-12-15-7-2-3-8-16(15)13-27)24-20(25-19)26-21(29)23-11-14-6-4-5-9-17(14)22/h2-10H,11-13H2,1H3,(H2,23,24,25,26,29). The van der Waals surface area contributed by atoms with Crippen molar-refractivity contribution in [3.63, 3.8) is 0 Å². The number of hydrogen-bond acceptors (Lipinski definition) is 5. The van der Waals surface area contributed by atoms with Gasteiger partial charge in [-0.25, -0.2) is 0 Å². The molecule has 1 aliphatic heterocycles. The Labute approximate surface area is 179 Å². The van der Waals surface area contributed by atoms with E-state index in [2.05, 4.69) is 49.8 Å². The highest BCUT2D eigenvalue weighted by Crippen LogP contribution is 2.29. The molecule has 0 atom stereocenters. The molecule has 2 heterocycles. The number of nitrogens with zero attached hydrogens (tertiary/aromatic N) is 3. The fourth-order valence-electron chi connectivity index (χ4n) is 3.19. The van der Waals surface area contributed by atoms with Gasteiger partial charge in [-0.2, -0.15) is 9.97 Å². The fraction of sp³-hybridized carbons (Fsp3) is 0.190. The van der Waals surface area contributed by atoms with Crippen molar-refractivity contribution in [2.24, 2.45) is 0 Å². The number of anilines is 2. The Bertz CT molecular complexity index is 1020. The molecule has 0 saturated heterocycles. The van der Waals surface area contributed by atoms with Crippen molar-refractivity contribution < 1.29 is 4.74 Å². The summed E-state index contributed by atoms with van der Waals surface area (Å²) in [4.78, 5) is 11.2. The quantitative estimate of drug-likeness (QED) is 0.595. The highest BCUT2D eigenvalue weighted by molar-refractivity contribution is 7.80. The molecule has 0 unspecified atom stereocenters. The molecular weight excluding hydrogens is 406 g/mol. The lowest BCUT2D eigenvalue weighted by atomic mass is 10.1. The molecule has 0 aliphatic carbocycles. The molecule has 0 saturated carbocycles. The summed E-state index contributed by atoms with van der Waals surface area (Å²) in [6, 6.07) is 17.8. The van der Waals surface area contributed by atoms with Crippen LogP contribution in [0.2, 0.25) is 5.02 Å². The molecule has 0 fully saturated rings. The Kier molecular flexibility index (Phi) is 5.78. The molecule has 4 rings (SSSR count). The van der Waals surface area contributed by atoms with E-state index in [0.717, 1.165) is 24.5 Å². The smallest absolute Gasteiger partial charge is 0.234 e. The van der Waals surface area contributed by atoms with E-state index >= 15 is 0 Å². The normalized spacial score (nSPS) is 12.4. The Morgan fingerprint density at radius 1 is 1.10 bits per heavy atom. The first-order chi connectivity index (χ1) is 14.1. The minimum absolute atomic E-state index is 0.381. The van der Waals surface area contributed by atoms with E-state index in [1.165, 1.54) is 11.1 Å². The Morgan fingerprint density at radius 2 is 1.79 bits per heavy atom. The molecule has 8 heteroatoms. The second-order valence-electron chi connectivity index (χ2n) is 6.62. The van der Waals surface area contributed by atoms with Gasteiger partial charge in [0.25, 0.3) is 0 Å². The number of ether oxygens (including phenoxy) is 1. The number of hydrogen-bond donors (Lipinski definition) is 2. The molecule has 2 N–H and O–H groups in total. The van der Waals surface area contributed by atoms with Crippen LogP contribution in [0.1, 0.15) is 16.7 Å². The van der Waals surface area contributed by atoms with Crippen molar-refractivity contribution in [3.8, 4) is 5.88 Å². The van der Waals surface area contributed by atoms with Crippen molar-refractivity contribution in [2.75, 3.05) is 17.3 Å². The second-order valence-corrected chi connectivity index (χ2v) is 7.43. The van der Waals surface area contributed by atoms with E-state index in [1.54, 1.807) is 7.11 Å². The molecule has 0 radical (unpaired) electrons. The van der Waals surface area contributed by atoms with E-state index < -0.39 is 0 Å². The van der Waals surface area contributed by atoms with Crippen LogP contribution in [-0.4, -0.2) is 22.2 Å². The summed E-state index contributed by atoms with van der Waals surface area (Å²) in [6.07, 6.45) is 0. The Hall–Kier alpha value is -2.90. The lowest BCUT2D eigenvalue weighted by Crippen LogP contribution is -2.29. The van der Waals surface area contributed by atoms with Crippen LogP contribution in [0.25, 0.3) is 0 Å². The maximum absolute atomic E-state index is 6.19. The molecule has 3 aromatic rings. The van der Waals surface area contributed by atoms with Crippen LogP contribution in [0.5, 0.6) is 5.88 Å².